The highest BCUT2D eigenvalue weighted by atomic mass is 16.5. The van der Waals surface area contributed by atoms with Crippen LogP contribution in [0.15, 0.2) is 0 Å². The summed E-state index contributed by atoms with van der Waals surface area (Å²) in [5.74, 6) is 0. The first-order valence-electron chi connectivity index (χ1n) is 7.83. The summed E-state index contributed by atoms with van der Waals surface area (Å²) in [6.07, 6.45) is 4.78. The molecule has 2 N–H and O–H groups in total. The molecule has 1 aliphatic rings. The van der Waals surface area contributed by atoms with Gasteiger partial charge in [-0.15, -0.1) is 0 Å². The fraction of sp³-hybridized carbons (Fsp3) is 1.00. The van der Waals surface area contributed by atoms with Crippen molar-refractivity contribution in [3.8, 4) is 0 Å². The Morgan fingerprint density at radius 1 is 1.42 bits per heavy atom. The summed E-state index contributed by atoms with van der Waals surface area (Å²) in [6.45, 7) is 11.8. The normalized spacial score (nSPS) is 24.3. The number of nitrogens with zero attached hydrogens (tertiary/aromatic N) is 1. The molecule has 0 radical (unpaired) electrons. The Hall–Kier alpha value is -0.160. The van der Waals surface area contributed by atoms with Crippen LogP contribution in [0.3, 0.4) is 0 Å². The van der Waals surface area contributed by atoms with Crippen LogP contribution in [-0.4, -0.2) is 61.0 Å². The van der Waals surface area contributed by atoms with Gasteiger partial charge in [0.25, 0.3) is 0 Å². The van der Waals surface area contributed by atoms with Crippen molar-refractivity contribution >= 4 is 0 Å². The predicted octanol–water partition coefficient (Wildman–Crippen LogP) is 1.63. The number of aliphatic hydroxyl groups is 1. The van der Waals surface area contributed by atoms with Crippen molar-refractivity contribution in [2.45, 2.75) is 58.1 Å². The summed E-state index contributed by atoms with van der Waals surface area (Å²) in [5.41, 5.74) is -0.119. The Morgan fingerprint density at radius 3 is 2.84 bits per heavy atom. The fourth-order valence-corrected chi connectivity index (χ4v) is 2.57. The average molecular weight is 272 g/mol. The van der Waals surface area contributed by atoms with Gasteiger partial charge in [0.1, 0.15) is 0 Å². The van der Waals surface area contributed by atoms with Crippen molar-refractivity contribution in [3.63, 3.8) is 0 Å². The van der Waals surface area contributed by atoms with Crippen LogP contribution < -0.4 is 5.32 Å². The van der Waals surface area contributed by atoms with Gasteiger partial charge in [0.15, 0.2) is 0 Å². The molecule has 0 aromatic heterocycles. The minimum Gasteiger partial charge on any atom is -0.394 e. The van der Waals surface area contributed by atoms with Gasteiger partial charge in [-0.1, -0.05) is 13.8 Å². The third-order valence-corrected chi connectivity index (χ3v) is 4.03. The summed E-state index contributed by atoms with van der Waals surface area (Å²) in [5, 5.41) is 13.0. The number of morpholine rings is 1. The van der Waals surface area contributed by atoms with E-state index in [1.165, 1.54) is 0 Å². The van der Waals surface area contributed by atoms with Crippen molar-refractivity contribution in [1.29, 1.82) is 0 Å². The van der Waals surface area contributed by atoms with E-state index in [0.29, 0.717) is 6.10 Å². The maximum Gasteiger partial charge on any atom is 0.0700 e. The number of nitrogens with one attached hydrogen (secondary N) is 1. The lowest BCUT2D eigenvalue weighted by Crippen LogP contribution is -2.47. The lowest BCUT2D eigenvalue weighted by Gasteiger charge is -2.34. The van der Waals surface area contributed by atoms with E-state index in [2.05, 4.69) is 31.0 Å². The number of aliphatic hydroxyl groups excluding tert-OH is 1. The molecule has 1 aliphatic heterocycles. The molecule has 1 saturated heterocycles. The Kier molecular flexibility index (Phi) is 7.91. The number of ether oxygens (including phenoxy) is 1. The highest BCUT2D eigenvalue weighted by molar-refractivity contribution is 4.82. The maximum absolute atomic E-state index is 9.53. The van der Waals surface area contributed by atoms with Gasteiger partial charge in [0, 0.05) is 18.6 Å². The molecule has 2 atom stereocenters. The maximum atomic E-state index is 9.53. The van der Waals surface area contributed by atoms with Crippen LogP contribution in [0, 0.1) is 0 Å². The summed E-state index contributed by atoms with van der Waals surface area (Å²) < 4.78 is 5.68. The number of hydrogen-bond acceptors (Lipinski definition) is 4. The second kappa shape index (κ2) is 8.90. The Bertz CT molecular complexity index is 238. The molecule has 0 amide bonds. The third-order valence-electron chi connectivity index (χ3n) is 4.03. The molecule has 4 nitrogen and oxygen atoms in total. The van der Waals surface area contributed by atoms with Gasteiger partial charge in [0.05, 0.1) is 19.3 Å². The molecule has 19 heavy (non-hydrogen) atoms. The van der Waals surface area contributed by atoms with Gasteiger partial charge < -0.3 is 15.2 Å². The second-order valence-electron chi connectivity index (χ2n) is 5.95. The molecule has 1 heterocycles. The Morgan fingerprint density at radius 2 is 2.21 bits per heavy atom. The molecule has 0 spiro atoms. The van der Waals surface area contributed by atoms with E-state index >= 15 is 0 Å². The topological polar surface area (TPSA) is 44.7 Å². The summed E-state index contributed by atoms with van der Waals surface area (Å²) in [6, 6.07) is 0. The van der Waals surface area contributed by atoms with E-state index in [0.717, 1.165) is 58.5 Å². The molecule has 0 bridgehead atoms. The second-order valence-corrected chi connectivity index (χ2v) is 5.95. The molecule has 1 rings (SSSR count). The summed E-state index contributed by atoms with van der Waals surface area (Å²) in [7, 11) is 0. The van der Waals surface area contributed by atoms with Gasteiger partial charge in [-0.25, -0.2) is 0 Å². The molecule has 0 aliphatic carbocycles. The first kappa shape index (κ1) is 16.9. The molecule has 0 aromatic rings. The Labute approximate surface area is 118 Å². The van der Waals surface area contributed by atoms with Crippen molar-refractivity contribution in [2.75, 3.05) is 39.4 Å². The standard InChI is InChI=1S/C15H32N2O2/c1-4-8-16-15(3,13-18)7-6-9-17-10-11-19-14(5-2)12-17/h14,16,18H,4-13H2,1-3H3. The zero-order valence-corrected chi connectivity index (χ0v) is 13.0. The van der Waals surface area contributed by atoms with Crippen LogP contribution in [0.5, 0.6) is 0 Å². The van der Waals surface area contributed by atoms with Crippen molar-refractivity contribution in [3.05, 3.63) is 0 Å². The van der Waals surface area contributed by atoms with Crippen LogP contribution in [-0.2, 0) is 4.74 Å². The zero-order chi connectivity index (χ0) is 14.1. The highest BCUT2D eigenvalue weighted by Gasteiger charge is 2.23. The average Bonchev–Trinajstić information content (AvgIpc) is 2.45. The third kappa shape index (κ3) is 6.21. The van der Waals surface area contributed by atoms with Gasteiger partial charge in [0.2, 0.25) is 0 Å². The van der Waals surface area contributed by atoms with Gasteiger partial charge in [-0.3, -0.25) is 4.90 Å². The smallest absolute Gasteiger partial charge is 0.0700 e. The minimum atomic E-state index is -0.119. The van der Waals surface area contributed by atoms with Gasteiger partial charge >= 0.3 is 0 Å². The van der Waals surface area contributed by atoms with Crippen LogP contribution in [0.1, 0.15) is 46.5 Å². The minimum absolute atomic E-state index is 0.119. The van der Waals surface area contributed by atoms with Crippen LogP contribution in [0.25, 0.3) is 0 Å². The van der Waals surface area contributed by atoms with Gasteiger partial charge in [-0.2, -0.15) is 0 Å². The monoisotopic (exact) mass is 272 g/mol. The van der Waals surface area contributed by atoms with E-state index in [-0.39, 0.29) is 12.1 Å². The summed E-state index contributed by atoms with van der Waals surface area (Å²) in [4.78, 5) is 2.50. The van der Waals surface area contributed by atoms with Crippen LogP contribution in [0.2, 0.25) is 0 Å². The summed E-state index contributed by atoms with van der Waals surface area (Å²) >= 11 is 0. The lowest BCUT2D eigenvalue weighted by molar-refractivity contribution is -0.0306. The van der Waals surface area contributed by atoms with E-state index < -0.39 is 0 Å². The highest BCUT2D eigenvalue weighted by Crippen LogP contribution is 2.14. The van der Waals surface area contributed by atoms with E-state index in [1.807, 2.05) is 0 Å². The van der Waals surface area contributed by atoms with E-state index in [4.69, 9.17) is 4.74 Å². The van der Waals surface area contributed by atoms with E-state index in [1.54, 1.807) is 0 Å². The van der Waals surface area contributed by atoms with Crippen molar-refractivity contribution in [2.24, 2.45) is 0 Å². The van der Waals surface area contributed by atoms with Gasteiger partial charge in [-0.05, 0) is 45.7 Å². The van der Waals surface area contributed by atoms with Crippen LogP contribution >= 0.6 is 0 Å². The molecule has 0 aromatic carbocycles. The predicted molar refractivity (Wildman–Crippen MR) is 79.5 cm³/mol. The number of hydrogen-bond donors (Lipinski definition) is 2. The quantitative estimate of drug-likeness (QED) is 0.669. The van der Waals surface area contributed by atoms with Crippen LogP contribution in [0.4, 0.5) is 0 Å². The van der Waals surface area contributed by atoms with Crippen molar-refractivity contribution < 1.29 is 9.84 Å². The van der Waals surface area contributed by atoms with Crippen molar-refractivity contribution in [1.82, 2.24) is 10.2 Å². The zero-order valence-electron chi connectivity index (χ0n) is 13.0. The SMILES string of the molecule is CCCNC(C)(CO)CCCN1CCOC(CC)C1. The number of rotatable bonds is 9. The van der Waals surface area contributed by atoms with E-state index in [9.17, 15) is 5.11 Å². The first-order chi connectivity index (χ1) is 9.13. The molecular formula is C15H32N2O2. The molecule has 2 unspecified atom stereocenters. The Balaban J connectivity index is 2.24. The molecular weight excluding hydrogens is 240 g/mol. The lowest BCUT2D eigenvalue weighted by atomic mass is 9.96. The molecule has 1 fully saturated rings. The first-order valence-corrected chi connectivity index (χ1v) is 7.83. The fourth-order valence-electron chi connectivity index (χ4n) is 2.57. The molecule has 114 valence electrons. The largest absolute Gasteiger partial charge is 0.394 e. The molecule has 0 saturated carbocycles. The molecule has 4 heteroatoms.